The zero-order chi connectivity index (χ0) is 10.1. The molecule has 1 aromatic rings. The quantitative estimate of drug-likeness (QED) is 0.748. The van der Waals surface area contributed by atoms with Crippen molar-refractivity contribution in [2.24, 2.45) is 0 Å². The average Bonchev–Trinajstić information content (AvgIpc) is 2.56. The number of hydrogen-bond acceptors (Lipinski definition) is 4. The maximum atomic E-state index is 11.4. The van der Waals surface area contributed by atoms with Crippen molar-refractivity contribution in [3.63, 3.8) is 0 Å². The van der Waals surface area contributed by atoms with E-state index in [1.54, 1.807) is 0 Å². The largest absolute Gasteiger partial charge is 0.464 e. The van der Waals surface area contributed by atoms with Crippen LogP contribution in [0.3, 0.4) is 0 Å². The van der Waals surface area contributed by atoms with Crippen molar-refractivity contribution in [3.8, 4) is 0 Å². The van der Waals surface area contributed by atoms with Crippen molar-refractivity contribution < 1.29 is 9.53 Å². The number of hydrogen-bond donors (Lipinski definition) is 1. The van der Waals surface area contributed by atoms with E-state index in [4.69, 9.17) is 0 Å². The van der Waals surface area contributed by atoms with E-state index in [-0.39, 0.29) is 5.97 Å². The lowest BCUT2D eigenvalue weighted by Gasteiger charge is -2.16. The standard InChI is InChI=1S/C8H10BrN3O2/c1-14-7(13)6-5-4-10-2-3-12(5)8(9)11-6/h10H,2-4H2,1H3. The van der Waals surface area contributed by atoms with Gasteiger partial charge in [0.2, 0.25) is 0 Å². The first-order valence-corrected chi connectivity index (χ1v) is 5.07. The molecule has 6 heteroatoms. The predicted molar refractivity (Wildman–Crippen MR) is 53.0 cm³/mol. The van der Waals surface area contributed by atoms with Gasteiger partial charge in [0.25, 0.3) is 0 Å². The summed E-state index contributed by atoms with van der Waals surface area (Å²) in [5, 5.41) is 3.18. The number of halogens is 1. The number of aromatic nitrogens is 2. The fourth-order valence-electron chi connectivity index (χ4n) is 1.52. The summed E-state index contributed by atoms with van der Waals surface area (Å²) in [5.41, 5.74) is 1.28. The lowest BCUT2D eigenvalue weighted by atomic mass is 10.3. The summed E-state index contributed by atoms with van der Waals surface area (Å²) in [7, 11) is 1.36. The molecular weight excluding hydrogens is 250 g/mol. The first kappa shape index (κ1) is 9.67. The highest BCUT2D eigenvalue weighted by Gasteiger charge is 2.23. The van der Waals surface area contributed by atoms with Crippen LogP contribution in [0.15, 0.2) is 4.73 Å². The minimum Gasteiger partial charge on any atom is -0.464 e. The Labute approximate surface area is 89.6 Å². The van der Waals surface area contributed by atoms with Crippen LogP contribution in [0.1, 0.15) is 16.2 Å². The Morgan fingerprint density at radius 2 is 2.50 bits per heavy atom. The molecule has 76 valence electrons. The molecule has 0 saturated carbocycles. The second-order valence-electron chi connectivity index (χ2n) is 3.00. The molecule has 0 aromatic carbocycles. The summed E-state index contributed by atoms with van der Waals surface area (Å²) in [4.78, 5) is 15.5. The Balaban J connectivity index is 2.46. The van der Waals surface area contributed by atoms with Gasteiger partial charge in [0.1, 0.15) is 0 Å². The van der Waals surface area contributed by atoms with Gasteiger partial charge in [-0.15, -0.1) is 0 Å². The van der Waals surface area contributed by atoms with Crippen molar-refractivity contribution in [2.75, 3.05) is 13.7 Å². The number of carbonyl (C=O) groups excluding carboxylic acids is 1. The number of nitrogens with one attached hydrogen (secondary N) is 1. The zero-order valence-electron chi connectivity index (χ0n) is 7.71. The molecule has 0 bridgehead atoms. The van der Waals surface area contributed by atoms with Gasteiger partial charge >= 0.3 is 5.97 Å². The normalized spacial score (nSPS) is 15.0. The van der Waals surface area contributed by atoms with E-state index in [0.717, 1.165) is 18.8 Å². The summed E-state index contributed by atoms with van der Waals surface area (Å²) >= 11 is 3.32. The number of fused-ring (bicyclic) bond motifs is 1. The lowest BCUT2D eigenvalue weighted by molar-refractivity contribution is 0.0592. The van der Waals surface area contributed by atoms with Gasteiger partial charge in [0.05, 0.1) is 12.8 Å². The zero-order valence-corrected chi connectivity index (χ0v) is 9.30. The predicted octanol–water partition coefficient (Wildman–Crippen LogP) is 0.535. The van der Waals surface area contributed by atoms with Crippen LogP contribution in [0.25, 0.3) is 0 Å². The molecule has 0 amide bonds. The fraction of sp³-hybridized carbons (Fsp3) is 0.500. The van der Waals surface area contributed by atoms with E-state index < -0.39 is 0 Å². The molecule has 0 unspecified atom stereocenters. The lowest BCUT2D eigenvalue weighted by Crippen LogP contribution is -2.29. The van der Waals surface area contributed by atoms with Crippen molar-refractivity contribution in [2.45, 2.75) is 13.1 Å². The molecule has 0 spiro atoms. The highest BCUT2D eigenvalue weighted by atomic mass is 79.9. The molecule has 0 fully saturated rings. The smallest absolute Gasteiger partial charge is 0.358 e. The second kappa shape index (κ2) is 3.70. The molecular formula is C8H10BrN3O2. The van der Waals surface area contributed by atoms with Crippen LogP contribution in [0, 0.1) is 0 Å². The molecule has 2 rings (SSSR count). The van der Waals surface area contributed by atoms with Gasteiger partial charge in [0, 0.05) is 19.6 Å². The van der Waals surface area contributed by atoms with Gasteiger partial charge in [-0.2, -0.15) is 0 Å². The van der Waals surface area contributed by atoms with E-state index in [1.807, 2.05) is 4.57 Å². The van der Waals surface area contributed by atoms with Crippen molar-refractivity contribution in [3.05, 3.63) is 16.1 Å². The number of carbonyl (C=O) groups is 1. The Morgan fingerprint density at radius 1 is 1.71 bits per heavy atom. The molecule has 1 N–H and O–H groups in total. The van der Waals surface area contributed by atoms with Gasteiger partial charge < -0.3 is 14.6 Å². The number of nitrogens with zero attached hydrogens (tertiary/aromatic N) is 2. The van der Waals surface area contributed by atoms with Crippen LogP contribution in [0.4, 0.5) is 0 Å². The maximum absolute atomic E-state index is 11.4. The van der Waals surface area contributed by atoms with E-state index in [0.29, 0.717) is 17.0 Å². The highest BCUT2D eigenvalue weighted by molar-refractivity contribution is 9.10. The summed E-state index contributed by atoms with van der Waals surface area (Å²) in [6.45, 7) is 2.37. The van der Waals surface area contributed by atoms with E-state index in [2.05, 4.69) is 31.0 Å². The number of imidazole rings is 1. The van der Waals surface area contributed by atoms with Gasteiger partial charge in [-0.05, 0) is 15.9 Å². The second-order valence-corrected chi connectivity index (χ2v) is 3.71. The van der Waals surface area contributed by atoms with E-state index in [9.17, 15) is 4.79 Å². The number of rotatable bonds is 1. The van der Waals surface area contributed by atoms with Crippen LogP contribution in [0.2, 0.25) is 0 Å². The topological polar surface area (TPSA) is 56.1 Å². The summed E-state index contributed by atoms with van der Waals surface area (Å²) < 4.78 is 7.32. The third kappa shape index (κ3) is 1.44. The Morgan fingerprint density at radius 3 is 3.21 bits per heavy atom. The molecule has 2 heterocycles. The molecule has 0 radical (unpaired) electrons. The van der Waals surface area contributed by atoms with Crippen molar-refractivity contribution in [1.29, 1.82) is 0 Å². The SMILES string of the molecule is COC(=O)c1nc(Br)n2c1CNCC2. The van der Waals surface area contributed by atoms with Gasteiger partial charge in [-0.3, -0.25) is 0 Å². The van der Waals surface area contributed by atoms with Gasteiger partial charge in [0.15, 0.2) is 10.4 Å². The van der Waals surface area contributed by atoms with Crippen LogP contribution >= 0.6 is 15.9 Å². The van der Waals surface area contributed by atoms with Crippen LogP contribution in [-0.2, 0) is 17.8 Å². The van der Waals surface area contributed by atoms with Crippen molar-refractivity contribution >= 4 is 21.9 Å². The first-order chi connectivity index (χ1) is 6.74. The third-order valence-electron chi connectivity index (χ3n) is 2.21. The van der Waals surface area contributed by atoms with Gasteiger partial charge in [-0.25, -0.2) is 9.78 Å². The van der Waals surface area contributed by atoms with Gasteiger partial charge in [-0.1, -0.05) is 0 Å². The Bertz CT molecular complexity index is 375. The van der Waals surface area contributed by atoms with E-state index in [1.165, 1.54) is 7.11 Å². The minimum absolute atomic E-state index is 0.386. The van der Waals surface area contributed by atoms with Crippen LogP contribution in [-0.4, -0.2) is 29.2 Å². The molecule has 0 saturated heterocycles. The first-order valence-electron chi connectivity index (χ1n) is 4.28. The summed E-state index contributed by atoms with van der Waals surface area (Å²) in [6.07, 6.45) is 0. The number of ether oxygens (including phenoxy) is 1. The molecule has 0 atom stereocenters. The van der Waals surface area contributed by atoms with Crippen LogP contribution < -0.4 is 5.32 Å². The average molecular weight is 260 g/mol. The molecule has 0 aliphatic carbocycles. The van der Waals surface area contributed by atoms with Crippen LogP contribution in [0.5, 0.6) is 0 Å². The molecule has 1 aliphatic rings. The summed E-state index contributed by atoms with van der Waals surface area (Å²) in [6, 6.07) is 0. The minimum atomic E-state index is -0.386. The molecule has 1 aromatic heterocycles. The third-order valence-corrected chi connectivity index (χ3v) is 2.81. The summed E-state index contributed by atoms with van der Waals surface area (Å²) in [5.74, 6) is -0.386. The molecule has 14 heavy (non-hydrogen) atoms. The Hall–Kier alpha value is -0.880. The maximum Gasteiger partial charge on any atom is 0.358 e. The number of esters is 1. The fourth-order valence-corrected chi connectivity index (χ4v) is 2.09. The monoisotopic (exact) mass is 259 g/mol. The highest BCUT2D eigenvalue weighted by Crippen LogP contribution is 2.19. The molecule has 1 aliphatic heterocycles. The van der Waals surface area contributed by atoms with Crippen molar-refractivity contribution in [1.82, 2.24) is 14.9 Å². The number of methoxy groups -OCH3 is 1. The molecule has 5 nitrogen and oxygen atoms in total. The van der Waals surface area contributed by atoms with E-state index >= 15 is 0 Å². The Kier molecular flexibility index (Phi) is 2.56.